The van der Waals surface area contributed by atoms with E-state index < -0.39 is 5.97 Å². The van der Waals surface area contributed by atoms with E-state index in [4.69, 9.17) is 14.6 Å². The molecule has 20 heavy (non-hydrogen) atoms. The average molecular weight is 279 g/mol. The topological polar surface area (TPSA) is 67.8 Å². The Morgan fingerprint density at radius 1 is 1.55 bits per heavy atom. The van der Waals surface area contributed by atoms with Crippen LogP contribution in [0.4, 0.5) is 0 Å². The lowest BCUT2D eigenvalue weighted by molar-refractivity contribution is 0.0691. The van der Waals surface area contributed by atoms with Crippen LogP contribution in [0.1, 0.15) is 30.6 Å². The fourth-order valence-electron chi connectivity index (χ4n) is 2.33. The number of rotatable bonds is 6. The predicted molar refractivity (Wildman–Crippen MR) is 75.3 cm³/mol. The van der Waals surface area contributed by atoms with Gasteiger partial charge < -0.3 is 19.9 Å². The van der Waals surface area contributed by atoms with E-state index in [-0.39, 0.29) is 17.2 Å². The van der Waals surface area contributed by atoms with E-state index in [2.05, 4.69) is 19.2 Å². The van der Waals surface area contributed by atoms with Crippen molar-refractivity contribution in [2.45, 2.75) is 31.9 Å². The van der Waals surface area contributed by atoms with E-state index in [1.807, 2.05) is 0 Å². The minimum Gasteiger partial charge on any atom is -0.491 e. The minimum absolute atomic E-state index is 0.0321. The Kier molecular flexibility index (Phi) is 4.62. The van der Waals surface area contributed by atoms with Gasteiger partial charge in [0.1, 0.15) is 17.9 Å². The van der Waals surface area contributed by atoms with Crippen LogP contribution in [-0.4, -0.2) is 42.5 Å². The fraction of sp³-hybridized carbons (Fsp3) is 0.533. The van der Waals surface area contributed by atoms with Gasteiger partial charge in [0.15, 0.2) is 0 Å². The summed E-state index contributed by atoms with van der Waals surface area (Å²) in [7, 11) is 0. The van der Waals surface area contributed by atoms with Crippen LogP contribution in [0.3, 0.4) is 0 Å². The second-order valence-corrected chi connectivity index (χ2v) is 5.26. The highest BCUT2D eigenvalue weighted by Crippen LogP contribution is 2.24. The smallest absolute Gasteiger partial charge is 0.339 e. The van der Waals surface area contributed by atoms with Gasteiger partial charge in [0.2, 0.25) is 0 Å². The van der Waals surface area contributed by atoms with Gasteiger partial charge in [0, 0.05) is 18.7 Å². The SMILES string of the molecule is CC1OCCC1(C)NCCOc1ccccc1C(=O)O. The summed E-state index contributed by atoms with van der Waals surface area (Å²) in [5, 5.41) is 12.5. The molecule has 1 saturated heterocycles. The zero-order valence-corrected chi connectivity index (χ0v) is 11.9. The highest BCUT2D eigenvalue weighted by molar-refractivity contribution is 5.90. The summed E-state index contributed by atoms with van der Waals surface area (Å²) in [6.07, 6.45) is 1.15. The lowest BCUT2D eigenvalue weighted by atomic mass is 9.95. The summed E-state index contributed by atoms with van der Waals surface area (Å²) < 4.78 is 11.1. The molecule has 110 valence electrons. The fourth-order valence-corrected chi connectivity index (χ4v) is 2.33. The first kappa shape index (κ1) is 14.8. The zero-order valence-electron chi connectivity index (χ0n) is 11.9. The number of ether oxygens (including phenoxy) is 2. The summed E-state index contributed by atoms with van der Waals surface area (Å²) >= 11 is 0. The summed E-state index contributed by atoms with van der Waals surface area (Å²) in [6.45, 7) is 6.04. The Bertz CT molecular complexity index is 477. The standard InChI is InChI=1S/C15H21NO4/c1-11-15(2,7-9-19-11)16-8-10-20-13-6-4-3-5-12(13)14(17)18/h3-6,11,16H,7-10H2,1-2H3,(H,17,18). The van der Waals surface area contributed by atoms with Crippen molar-refractivity contribution in [1.82, 2.24) is 5.32 Å². The number of carbonyl (C=O) groups is 1. The molecule has 5 heteroatoms. The van der Waals surface area contributed by atoms with Gasteiger partial charge in [0.25, 0.3) is 0 Å². The number of hydrogen-bond acceptors (Lipinski definition) is 4. The molecule has 0 aromatic heterocycles. The lowest BCUT2D eigenvalue weighted by Gasteiger charge is -2.29. The second-order valence-electron chi connectivity index (χ2n) is 5.26. The summed E-state index contributed by atoms with van der Waals surface area (Å²) in [6, 6.07) is 6.67. The zero-order chi connectivity index (χ0) is 14.6. The van der Waals surface area contributed by atoms with Crippen molar-refractivity contribution in [3.63, 3.8) is 0 Å². The summed E-state index contributed by atoms with van der Waals surface area (Å²) in [4.78, 5) is 11.0. The van der Waals surface area contributed by atoms with Gasteiger partial charge in [-0.3, -0.25) is 0 Å². The third kappa shape index (κ3) is 3.29. The van der Waals surface area contributed by atoms with E-state index in [1.165, 1.54) is 0 Å². The van der Waals surface area contributed by atoms with Crippen LogP contribution in [-0.2, 0) is 4.74 Å². The van der Waals surface area contributed by atoms with Crippen molar-refractivity contribution in [2.24, 2.45) is 0 Å². The van der Waals surface area contributed by atoms with Crippen LogP contribution in [0.2, 0.25) is 0 Å². The van der Waals surface area contributed by atoms with Crippen molar-refractivity contribution >= 4 is 5.97 Å². The Morgan fingerprint density at radius 2 is 2.30 bits per heavy atom. The number of nitrogens with one attached hydrogen (secondary N) is 1. The van der Waals surface area contributed by atoms with Gasteiger partial charge in [-0.25, -0.2) is 4.79 Å². The van der Waals surface area contributed by atoms with Crippen molar-refractivity contribution in [2.75, 3.05) is 19.8 Å². The molecule has 2 unspecified atom stereocenters. The highest BCUT2D eigenvalue weighted by Gasteiger charge is 2.36. The number of carboxylic acid groups (broad SMARTS) is 1. The molecule has 0 amide bonds. The number of benzene rings is 1. The van der Waals surface area contributed by atoms with Crippen molar-refractivity contribution in [3.8, 4) is 5.75 Å². The first-order valence-corrected chi connectivity index (χ1v) is 6.85. The maximum absolute atomic E-state index is 11.0. The Balaban J connectivity index is 1.83. The van der Waals surface area contributed by atoms with Crippen LogP contribution in [0.5, 0.6) is 5.75 Å². The first-order valence-electron chi connectivity index (χ1n) is 6.85. The molecule has 2 N–H and O–H groups in total. The monoisotopic (exact) mass is 279 g/mol. The maximum Gasteiger partial charge on any atom is 0.339 e. The molecule has 2 rings (SSSR count). The molecule has 0 radical (unpaired) electrons. The quantitative estimate of drug-likeness (QED) is 0.779. The normalized spacial score (nSPS) is 25.6. The molecular weight excluding hydrogens is 258 g/mol. The number of aromatic carboxylic acids is 1. The molecule has 2 atom stereocenters. The van der Waals surface area contributed by atoms with Gasteiger partial charge >= 0.3 is 5.97 Å². The molecular formula is C15H21NO4. The van der Waals surface area contributed by atoms with E-state index >= 15 is 0 Å². The average Bonchev–Trinajstić information content (AvgIpc) is 2.75. The van der Waals surface area contributed by atoms with Gasteiger partial charge in [-0.1, -0.05) is 12.1 Å². The number of para-hydroxylation sites is 1. The summed E-state index contributed by atoms with van der Waals surface area (Å²) in [5.41, 5.74) is 0.159. The van der Waals surface area contributed by atoms with Crippen LogP contribution >= 0.6 is 0 Å². The molecule has 5 nitrogen and oxygen atoms in total. The molecule has 1 fully saturated rings. The Morgan fingerprint density at radius 3 is 2.95 bits per heavy atom. The minimum atomic E-state index is -0.974. The predicted octanol–water partition coefficient (Wildman–Crippen LogP) is 1.92. The third-order valence-corrected chi connectivity index (χ3v) is 3.89. The van der Waals surface area contributed by atoms with Crippen molar-refractivity contribution < 1.29 is 19.4 Å². The number of hydrogen-bond donors (Lipinski definition) is 2. The molecule has 1 aromatic carbocycles. The first-order chi connectivity index (χ1) is 9.53. The van der Waals surface area contributed by atoms with E-state index in [0.29, 0.717) is 18.9 Å². The summed E-state index contributed by atoms with van der Waals surface area (Å²) in [5.74, 6) is -0.569. The van der Waals surface area contributed by atoms with E-state index in [9.17, 15) is 4.79 Å². The Labute approximate surface area is 118 Å². The molecule has 0 aliphatic carbocycles. The van der Waals surface area contributed by atoms with Gasteiger partial charge in [-0.15, -0.1) is 0 Å². The number of carboxylic acids is 1. The third-order valence-electron chi connectivity index (χ3n) is 3.89. The largest absolute Gasteiger partial charge is 0.491 e. The van der Waals surface area contributed by atoms with Gasteiger partial charge in [-0.2, -0.15) is 0 Å². The van der Waals surface area contributed by atoms with Crippen LogP contribution < -0.4 is 10.1 Å². The lowest BCUT2D eigenvalue weighted by Crippen LogP contribution is -2.49. The van der Waals surface area contributed by atoms with E-state index in [1.54, 1.807) is 24.3 Å². The molecule has 0 bridgehead atoms. The highest BCUT2D eigenvalue weighted by atomic mass is 16.5. The van der Waals surface area contributed by atoms with Crippen LogP contribution in [0.25, 0.3) is 0 Å². The van der Waals surface area contributed by atoms with Crippen LogP contribution in [0, 0.1) is 0 Å². The van der Waals surface area contributed by atoms with Crippen molar-refractivity contribution in [1.29, 1.82) is 0 Å². The van der Waals surface area contributed by atoms with E-state index in [0.717, 1.165) is 13.0 Å². The molecule has 1 aliphatic rings. The van der Waals surface area contributed by atoms with Crippen LogP contribution in [0.15, 0.2) is 24.3 Å². The second kappa shape index (κ2) is 6.24. The van der Waals surface area contributed by atoms with Crippen molar-refractivity contribution in [3.05, 3.63) is 29.8 Å². The molecule has 0 spiro atoms. The molecule has 1 heterocycles. The Hall–Kier alpha value is -1.59. The molecule has 1 aliphatic heterocycles. The van der Waals surface area contributed by atoms with Gasteiger partial charge in [-0.05, 0) is 32.4 Å². The molecule has 1 aromatic rings. The van der Waals surface area contributed by atoms with Gasteiger partial charge in [0.05, 0.1) is 6.10 Å². The maximum atomic E-state index is 11.0. The molecule has 0 saturated carbocycles.